The van der Waals surface area contributed by atoms with E-state index < -0.39 is 0 Å². The van der Waals surface area contributed by atoms with Gasteiger partial charge in [-0.25, -0.2) is 0 Å². The second-order valence-electron chi connectivity index (χ2n) is 4.28. The number of hydrogen-bond donors (Lipinski definition) is 0. The first kappa shape index (κ1) is 14.4. The zero-order valence-corrected chi connectivity index (χ0v) is 12.4. The van der Waals surface area contributed by atoms with Crippen molar-refractivity contribution in [2.75, 3.05) is 14.2 Å². The molecule has 0 spiro atoms. The maximum Gasteiger partial charge on any atom is 0.179 e. The first-order valence-corrected chi connectivity index (χ1v) is 6.54. The van der Waals surface area contributed by atoms with Crippen molar-refractivity contribution in [2.45, 2.75) is 6.92 Å². The van der Waals surface area contributed by atoms with Gasteiger partial charge in [0.2, 0.25) is 0 Å². The quantitative estimate of drug-likeness (QED) is 0.780. The highest BCUT2D eigenvalue weighted by atomic mass is 35.5. The highest BCUT2D eigenvalue weighted by Crippen LogP contribution is 2.35. The molecule has 0 bridgehead atoms. The normalized spacial score (nSPS) is 10.8. The van der Waals surface area contributed by atoms with Gasteiger partial charge in [-0.15, -0.1) is 0 Å². The second kappa shape index (κ2) is 6.44. The summed E-state index contributed by atoms with van der Waals surface area (Å²) in [6, 6.07) is 11.6. The van der Waals surface area contributed by atoms with Crippen LogP contribution in [0.5, 0.6) is 11.5 Å². The molecule has 0 heterocycles. The molecule has 0 saturated carbocycles. The Morgan fingerprint density at radius 3 is 2.50 bits per heavy atom. The molecule has 0 unspecified atom stereocenters. The Hall–Kier alpha value is -2.00. The number of aliphatic imine (C=N–C) groups is 1. The average molecular weight is 290 g/mol. The molecule has 0 fully saturated rings. The van der Waals surface area contributed by atoms with E-state index in [1.165, 1.54) is 0 Å². The van der Waals surface area contributed by atoms with Gasteiger partial charge in [0.15, 0.2) is 11.5 Å². The number of benzene rings is 2. The molecule has 2 rings (SSSR count). The summed E-state index contributed by atoms with van der Waals surface area (Å²) < 4.78 is 10.5. The average Bonchev–Trinajstić information content (AvgIpc) is 2.45. The number of ether oxygens (including phenoxy) is 2. The fraction of sp³-hybridized carbons (Fsp3) is 0.188. The van der Waals surface area contributed by atoms with E-state index in [0.29, 0.717) is 16.5 Å². The minimum absolute atomic E-state index is 0.498. The third-order valence-electron chi connectivity index (χ3n) is 2.92. The Labute approximate surface area is 123 Å². The fourth-order valence-corrected chi connectivity index (χ4v) is 2.16. The zero-order valence-electron chi connectivity index (χ0n) is 11.7. The lowest BCUT2D eigenvalue weighted by atomic mass is 10.2. The van der Waals surface area contributed by atoms with Gasteiger partial charge in [-0.1, -0.05) is 29.8 Å². The van der Waals surface area contributed by atoms with Crippen molar-refractivity contribution in [3.05, 3.63) is 52.5 Å². The van der Waals surface area contributed by atoms with Crippen molar-refractivity contribution >= 4 is 23.5 Å². The van der Waals surface area contributed by atoms with Crippen LogP contribution in [0.3, 0.4) is 0 Å². The Morgan fingerprint density at radius 1 is 1.10 bits per heavy atom. The van der Waals surface area contributed by atoms with Gasteiger partial charge < -0.3 is 9.47 Å². The summed E-state index contributed by atoms with van der Waals surface area (Å²) in [6.45, 7) is 2.02. The van der Waals surface area contributed by atoms with E-state index in [9.17, 15) is 0 Å². The molecule has 0 saturated heterocycles. The van der Waals surface area contributed by atoms with Crippen molar-refractivity contribution in [1.29, 1.82) is 0 Å². The molecule has 0 N–H and O–H groups in total. The third-order valence-corrected chi connectivity index (χ3v) is 3.20. The van der Waals surface area contributed by atoms with Gasteiger partial charge in [0.1, 0.15) is 0 Å². The smallest absolute Gasteiger partial charge is 0.179 e. The molecular weight excluding hydrogens is 274 g/mol. The van der Waals surface area contributed by atoms with Gasteiger partial charge in [-0.3, -0.25) is 4.99 Å². The van der Waals surface area contributed by atoms with Crippen LogP contribution in [0.1, 0.15) is 11.1 Å². The minimum Gasteiger partial charge on any atom is -0.493 e. The van der Waals surface area contributed by atoms with Crippen molar-refractivity contribution in [1.82, 2.24) is 0 Å². The Bertz CT molecular complexity index is 638. The molecule has 0 aliphatic rings. The van der Waals surface area contributed by atoms with E-state index in [0.717, 1.165) is 16.8 Å². The maximum absolute atomic E-state index is 6.16. The van der Waals surface area contributed by atoms with Crippen LogP contribution in [0.25, 0.3) is 0 Å². The molecule has 3 nitrogen and oxygen atoms in total. The van der Waals surface area contributed by atoms with Crippen LogP contribution >= 0.6 is 11.6 Å². The molecular formula is C16H16ClNO2. The topological polar surface area (TPSA) is 30.8 Å². The minimum atomic E-state index is 0.498. The maximum atomic E-state index is 6.16. The molecule has 0 aliphatic heterocycles. The zero-order chi connectivity index (χ0) is 14.5. The summed E-state index contributed by atoms with van der Waals surface area (Å²) in [5, 5.41) is 0.498. The van der Waals surface area contributed by atoms with E-state index in [-0.39, 0.29) is 0 Å². The van der Waals surface area contributed by atoms with Gasteiger partial charge >= 0.3 is 0 Å². The van der Waals surface area contributed by atoms with Crippen LogP contribution < -0.4 is 9.47 Å². The van der Waals surface area contributed by atoms with Gasteiger partial charge in [0.25, 0.3) is 0 Å². The Balaban J connectivity index is 2.35. The fourth-order valence-electron chi connectivity index (χ4n) is 1.86. The highest BCUT2D eigenvalue weighted by Gasteiger charge is 2.09. The molecule has 2 aromatic rings. The largest absolute Gasteiger partial charge is 0.493 e. The van der Waals surface area contributed by atoms with Crippen molar-refractivity contribution in [2.24, 2.45) is 4.99 Å². The van der Waals surface area contributed by atoms with Crippen molar-refractivity contribution < 1.29 is 9.47 Å². The lowest BCUT2D eigenvalue weighted by Gasteiger charge is -2.10. The van der Waals surface area contributed by atoms with Crippen LogP contribution in [-0.4, -0.2) is 20.4 Å². The number of hydrogen-bond acceptors (Lipinski definition) is 3. The summed E-state index contributed by atoms with van der Waals surface area (Å²) >= 11 is 6.16. The number of para-hydroxylation sites is 1. The summed E-state index contributed by atoms with van der Waals surface area (Å²) in [5.74, 6) is 1.12. The molecule has 0 amide bonds. The number of aryl methyl sites for hydroxylation is 1. The van der Waals surface area contributed by atoms with Crippen molar-refractivity contribution in [3.63, 3.8) is 0 Å². The molecule has 0 radical (unpaired) electrons. The SMILES string of the molecule is COc1cc(C=Nc2ccccc2C)cc(Cl)c1OC. The highest BCUT2D eigenvalue weighted by molar-refractivity contribution is 6.32. The molecule has 0 atom stereocenters. The van der Waals surface area contributed by atoms with Crippen LogP contribution in [-0.2, 0) is 0 Å². The van der Waals surface area contributed by atoms with Gasteiger partial charge in [0, 0.05) is 6.21 Å². The van der Waals surface area contributed by atoms with Crippen LogP contribution in [0.4, 0.5) is 5.69 Å². The van der Waals surface area contributed by atoms with E-state index in [1.807, 2.05) is 37.3 Å². The van der Waals surface area contributed by atoms with E-state index in [1.54, 1.807) is 26.5 Å². The molecule has 2 aromatic carbocycles. The van der Waals surface area contributed by atoms with Gasteiger partial charge in [-0.05, 0) is 36.2 Å². The Kier molecular flexibility index (Phi) is 4.64. The number of rotatable bonds is 4. The summed E-state index contributed by atoms with van der Waals surface area (Å²) in [5.41, 5.74) is 2.91. The predicted octanol–water partition coefficient (Wildman–Crippen LogP) is 4.42. The van der Waals surface area contributed by atoms with Crippen LogP contribution in [0.15, 0.2) is 41.4 Å². The van der Waals surface area contributed by atoms with Gasteiger partial charge in [0.05, 0.1) is 24.9 Å². The monoisotopic (exact) mass is 289 g/mol. The number of nitrogens with zero attached hydrogens (tertiary/aromatic N) is 1. The van der Waals surface area contributed by atoms with Gasteiger partial charge in [-0.2, -0.15) is 0 Å². The number of halogens is 1. The lowest BCUT2D eigenvalue weighted by Crippen LogP contribution is -1.93. The molecule has 20 heavy (non-hydrogen) atoms. The van der Waals surface area contributed by atoms with E-state index in [4.69, 9.17) is 21.1 Å². The summed E-state index contributed by atoms with van der Waals surface area (Å²) in [4.78, 5) is 4.47. The first-order valence-electron chi connectivity index (χ1n) is 6.17. The number of methoxy groups -OCH3 is 2. The summed E-state index contributed by atoms with van der Waals surface area (Å²) in [7, 11) is 3.14. The van der Waals surface area contributed by atoms with Crippen LogP contribution in [0.2, 0.25) is 5.02 Å². The second-order valence-corrected chi connectivity index (χ2v) is 4.69. The molecule has 0 aromatic heterocycles. The van der Waals surface area contributed by atoms with Crippen molar-refractivity contribution in [3.8, 4) is 11.5 Å². The first-order chi connectivity index (χ1) is 9.65. The molecule has 0 aliphatic carbocycles. The lowest BCUT2D eigenvalue weighted by molar-refractivity contribution is 0.355. The molecule has 4 heteroatoms. The predicted molar refractivity (Wildman–Crippen MR) is 83.0 cm³/mol. The standard InChI is InChI=1S/C16H16ClNO2/c1-11-6-4-5-7-14(11)18-10-12-8-13(17)16(20-3)15(9-12)19-2/h4-10H,1-3H3. The van der Waals surface area contributed by atoms with E-state index in [2.05, 4.69) is 4.99 Å². The summed E-state index contributed by atoms with van der Waals surface area (Å²) in [6.07, 6.45) is 1.76. The third kappa shape index (κ3) is 3.11. The van der Waals surface area contributed by atoms with E-state index >= 15 is 0 Å². The van der Waals surface area contributed by atoms with Crippen LogP contribution in [0, 0.1) is 6.92 Å². The molecule has 104 valence electrons. The Morgan fingerprint density at radius 2 is 1.85 bits per heavy atom.